The zero-order valence-electron chi connectivity index (χ0n) is 13.2. The van der Waals surface area contributed by atoms with Crippen molar-refractivity contribution in [3.05, 3.63) is 68.5 Å². The maximum atomic E-state index is 12.4. The molecule has 0 radical (unpaired) electrons. The Hall–Kier alpha value is -2.17. The van der Waals surface area contributed by atoms with Gasteiger partial charge >= 0.3 is 6.07 Å². The molecule has 0 unspecified atom stereocenters. The van der Waals surface area contributed by atoms with E-state index in [2.05, 4.69) is 57.7 Å². The van der Waals surface area contributed by atoms with Crippen LogP contribution in [0.4, 0.5) is 0 Å². The van der Waals surface area contributed by atoms with Gasteiger partial charge in [-0.05, 0) is 36.4 Å². The molecule has 25 heavy (non-hydrogen) atoms. The largest absolute Gasteiger partial charge is 0.324 e. The molecule has 0 aliphatic rings. The summed E-state index contributed by atoms with van der Waals surface area (Å²) in [5, 5.41) is 0.910. The number of hydrogen-bond acceptors (Lipinski definition) is 1. The number of aromatic amines is 2. The van der Waals surface area contributed by atoms with Crippen LogP contribution in [0.25, 0.3) is 15.9 Å². The quantitative estimate of drug-likeness (QED) is 0.437. The van der Waals surface area contributed by atoms with Crippen molar-refractivity contribution in [2.45, 2.75) is 6.42 Å². The first-order chi connectivity index (χ1) is 12.2. The van der Waals surface area contributed by atoms with Crippen molar-refractivity contribution < 1.29 is 4.79 Å². The number of benzene rings is 2. The molecular formula is C18H15Br2N4O+. The van der Waals surface area contributed by atoms with Crippen LogP contribution in [-0.2, 0) is 0 Å². The van der Waals surface area contributed by atoms with Gasteiger partial charge in [0, 0.05) is 21.8 Å². The lowest BCUT2D eigenvalue weighted by Gasteiger charge is -1.93. The zero-order valence-corrected chi connectivity index (χ0v) is 16.4. The van der Waals surface area contributed by atoms with Crippen LogP contribution in [-0.4, -0.2) is 27.7 Å². The molecule has 2 aromatic carbocycles. The van der Waals surface area contributed by atoms with Gasteiger partial charge in [-0.2, -0.15) is 4.99 Å². The van der Waals surface area contributed by atoms with Crippen molar-refractivity contribution in [3.8, 4) is 6.07 Å². The summed E-state index contributed by atoms with van der Waals surface area (Å²) >= 11 is 6.78. The second-order valence-corrected chi connectivity index (χ2v) is 7.03. The van der Waals surface area contributed by atoms with Crippen LogP contribution in [0.1, 0.15) is 22.3 Å². The van der Waals surface area contributed by atoms with Crippen LogP contribution in [0.15, 0.2) is 51.9 Å². The van der Waals surface area contributed by atoms with E-state index < -0.39 is 0 Å². The Morgan fingerprint density at radius 3 is 2.84 bits per heavy atom. The van der Waals surface area contributed by atoms with E-state index in [0.717, 1.165) is 32.8 Å². The lowest BCUT2D eigenvalue weighted by atomic mass is 10.1. The topological polar surface area (TPSA) is 65.4 Å². The number of nitrogens with zero attached hydrogens (tertiary/aromatic N) is 2. The molecule has 1 amide bonds. The minimum Gasteiger partial charge on any atom is -0.324 e. The van der Waals surface area contributed by atoms with Gasteiger partial charge < -0.3 is 9.97 Å². The molecule has 3 aromatic rings. The highest BCUT2D eigenvalue weighted by atomic mass is 79.9. The number of rotatable bonds is 3. The second-order valence-electron chi connectivity index (χ2n) is 5.32. The molecular weight excluding hydrogens is 448 g/mol. The highest BCUT2D eigenvalue weighted by Gasteiger charge is 2.07. The van der Waals surface area contributed by atoms with Crippen LogP contribution in [0.3, 0.4) is 0 Å². The van der Waals surface area contributed by atoms with Crippen LogP contribution in [0, 0.1) is 6.07 Å². The highest BCUT2D eigenvalue weighted by molar-refractivity contribution is 9.10. The van der Waals surface area contributed by atoms with E-state index in [1.165, 1.54) is 0 Å². The maximum Gasteiger partial charge on any atom is 0.311 e. The average Bonchev–Trinajstić information content (AvgIpc) is 3.00. The Morgan fingerprint density at radius 1 is 1.16 bits per heavy atom. The van der Waals surface area contributed by atoms with E-state index >= 15 is 0 Å². The Bertz CT molecular complexity index is 1040. The smallest absolute Gasteiger partial charge is 0.311 e. The van der Waals surface area contributed by atoms with Crippen LogP contribution < -0.4 is 5.62 Å². The summed E-state index contributed by atoms with van der Waals surface area (Å²) in [6.07, 6.45) is 0.952. The van der Waals surface area contributed by atoms with E-state index in [9.17, 15) is 4.79 Å². The average molecular weight is 463 g/mol. The summed E-state index contributed by atoms with van der Waals surface area (Å²) in [6.45, 7) is 0.702. The molecule has 0 bridgehead atoms. The van der Waals surface area contributed by atoms with Crippen LogP contribution in [0.2, 0.25) is 0 Å². The number of fused-ring (bicyclic) bond motifs is 1. The Morgan fingerprint density at radius 2 is 2.00 bits per heavy atom. The fourth-order valence-corrected chi connectivity index (χ4v) is 2.86. The summed E-state index contributed by atoms with van der Waals surface area (Å²) in [5.74, 6) is -0.328. The van der Waals surface area contributed by atoms with Gasteiger partial charge in [-0.25, -0.2) is 0 Å². The first-order valence-corrected chi connectivity index (χ1v) is 9.62. The van der Waals surface area contributed by atoms with Crippen molar-refractivity contribution in [1.29, 1.82) is 0 Å². The molecule has 0 saturated carbocycles. The third-order valence-electron chi connectivity index (χ3n) is 3.42. The van der Waals surface area contributed by atoms with Gasteiger partial charge in [0.05, 0.1) is 11.0 Å². The summed E-state index contributed by atoms with van der Waals surface area (Å²) in [5.41, 5.74) is 3.44. The molecule has 7 heteroatoms. The number of nitrogens with one attached hydrogen (secondary N) is 2. The predicted octanol–water partition coefficient (Wildman–Crippen LogP) is 4.47. The Kier molecular flexibility index (Phi) is 5.84. The number of carbonyl (C=O) groups excluding carboxylic acids is 1. The molecule has 2 N–H and O–H groups in total. The van der Waals surface area contributed by atoms with Gasteiger partial charge in [0.1, 0.15) is 5.56 Å². The van der Waals surface area contributed by atoms with E-state index in [4.69, 9.17) is 0 Å². The monoisotopic (exact) mass is 461 g/mol. The third-order valence-corrected chi connectivity index (χ3v) is 4.48. The van der Waals surface area contributed by atoms with Gasteiger partial charge in [-0.3, -0.25) is 4.79 Å². The number of aromatic nitrogens is 2. The van der Waals surface area contributed by atoms with E-state index in [1.54, 1.807) is 18.2 Å². The number of carbonyl (C=O) groups is 1. The fraction of sp³-hybridized carbons (Fsp3) is 0.167. The molecule has 1 aromatic heterocycles. The first kappa shape index (κ1) is 17.6. The van der Waals surface area contributed by atoms with E-state index in [0.29, 0.717) is 17.7 Å². The van der Waals surface area contributed by atoms with E-state index in [1.807, 2.05) is 24.3 Å². The molecule has 0 saturated heterocycles. The first-order valence-electron chi connectivity index (χ1n) is 7.71. The lowest BCUT2D eigenvalue weighted by Crippen LogP contribution is -2.10. The minimum atomic E-state index is -0.328. The summed E-state index contributed by atoms with van der Waals surface area (Å²) < 4.78 is 0.954. The predicted molar refractivity (Wildman–Crippen MR) is 106 cm³/mol. The molecule has 0 fully saturated rings. The van der Waals surface area contributed by atoms with Gasteiger partial charge in [0.15, 0.2) is 0 Å². The number of halogens is 2. The van der Waals surface area contributed by atoms with Gasteiger partial charge in [-0.15, -0.1) is 0 Å². The number of H-pyrrole nitrogens is 2. The highest BCUT2D eigenvalue weighted by Crippen LogP contribution is 2.15. The normalized spacial score (nSPS) is 11.4. The molecule has 0 aliphatic heterocycles. The van der Waals surface area contributed by atoms with Crippen molar-refractivity contribution in [2.24, 2.45) is 4.99 Å². The Balaban J connectivity index is 1.85. The van der Waals surface area contributed by atoms with Gasteiger partial charge in [0.2, 0.25) is 5.62 Å². The third kappa shape index (κ3) is 4.68. The van der Waals surface area contributed by atoms with Crippen molar-refractivity contribution >= 4 is 48.8 Å². The van der Waals surface area contributed by atoms with E-state index in [-0.39, 0.29) is 5.91 Å². The van der Waals surface area contributed by atoms with Gasteiger partial charge in [0.25, 0.3) is 12.5 Å². The standard InChI is InChI=1S/C18H14Br2N4O/c19-7-2-8-21-11-12-3-1-4-13(9-12)17(25)24-18-22-15-6-5-14(20)10-16(15)23-18/h1,3-6,9-10H,2,7-8H2,(H-,22,23,24,25)/p+1. The number of imidazole rings is 1. The summed E-state index contributed by atoms with van der Waals surface area (Å²) in [7, 11) is 0. The lowest BCUT2D eigenvalue weighted by molar-refractivity contribution is 0.0997. The Labute approximate surface area is 161 Å². The molecule has 126 valence electrons. The molecule has 5 nitrogen and oxygen atoms in total. The van der Waals surface area contributed by atoms with Gasteiger partial charge in [-0.1, -0.05) is 42.8 Å². The SMILES string of the molecule is O=C(/N=c1/[nH]c2ccc(Br)cc2[nH]1)c1cccc(C#[N+]CCCBr)c1. The molecule has 0 atom stereocenters. The molecule has 1 heterocycles. The zero-order chi connectivity index (χ0) is 17.6. The molecule has 0 spiro atoms. The maximum absolute atomic E-state index is 12.4. The van der Waals surface area contributed by atoms with Crippen molar-refractivity contribution in [2.75, 3.05) is 11.9 Å². The molecule has 0 aliphatic carbocycles. The van der Waals surface area contributed by atoms with Crippen LogP contribution >= 0.6 is 31.9 Å². The van der Waals surface area contributed by atoms with Crippen LogP contribution in [0.5, 0.6) is 0 Å². The second kappa shape index (κ2) is 8.28. The molecule has 3 rings (SSSR count). The van der Waals surface area contributed by atoms with Crippen molar-refractivity contribution in [1.82, 2.24) is 9.97 Å². The number of hydrogen-bond donors (Lipinski definition) is 2. The van der Waals surface area contributed by atoms with Crippen molar-refractivity contribution in [3.63, 3.8) is 0 Å². The fourth-order valence-electron chi connectivity index (χ4n) is 2.25. The minimum absolute atomic E-state index is 0.328. The summed E-state index contributed by atoms with van der Waals surface area (Å²) in [4.78, 5) is 26.9. The number of alkyl halides is 1. The number of amides is 1. The summed E-state index contributed by atoms with van der Waals surface area (Å²) in [6, 6.07) is 15.9.